The average molecular weight is 603 g/mol. The van der Waals surface area contributed by atoms with Crippen molar-refractivity contribution in [3.63, 3.8) is 0 Å². The monoisotopic (exact) mass is 602 g/mol. The van der Waals surface area contributed by atoms with Gasteiger partial charge in [-0.2, -0.15) is 0 Å². The molecule has 0 spiro atoms. The van der Waals surface area contributed by atoms with Gasteiger partial charge >= 0.3 is 0 Å². The van der Waals surface area contributed by atoms with Crippen LogP contribution in [-0.4, -0.2) is 15.2 Å². The maximum absolute atomic E-state index is 3.01. The van der Waals surface area contributed by atoms with Crippen LogP contribution in [0.3, 0.4) is 0 Å². The van der Waals surface area contributed by atoms with Crippen LogP contribution in [0.2, 0.25) is 0 Å². The maximum Gasteiger partial charge on any atom is 0.155 e. The molecule has 0 saturated heterocycles. The van der Waals surface area contributed by atoms with E-state index in [4.69, 9.17) is 0 Å². The number of rotatable bonds is 7. The highest BCUT2D eigenvalue weighted by Gasteiger charge is 2.62. The van der Waals surface area contributed by atoms with Crippen LogP contribution >= 0.6 is 0 Å². The summed E-state index contributed by atoms with van der Waals surface area (Å²) in [6, 6.07) is 56.4. The molecular formula is C42H42Si2. The standard InChI is InChI=1S/C42H42Si2/c1-31-22-25-34(4)40(28-31)44(41-29-32(2)23-26-35(41)5,42-30-33(3)24-27-36(42)6)43(37-16-10-7-11-17-37,38-18-12-8-13-19-38)39-20-14-9-15-21-39/h7-30H,1-6H3. The number of hydrogen-bond acceptors (Lipinski definition) is 0. The summed E-state index contributed by atoms with van der Waals surface area (Å²) in [6.07, 6.45) is 0. The zero-order valence-electron chi connectivity index (χ0n) is 26.9. The van der Waals surface area contributed by atoms with Gasteiger partial charge in [0.15, 0.2) is 15.2 Å². The fourth-order valence-electron chi connectivity index (χ4n) is 7.67. The average Bonchev–Trinajstić information content (AvgIpc) is 3.05. The van der Waals surface area contributed by atoms with Gasteiger partial charge in [0.2, 0.25) is 0 Å². The van der Waals surface area contributed by atoms with Crippen molar-refractivity contribution < 1.29 is 0 Å². The molecule has 0 unspecified atom stereocenters. The molecule has 0 fully saturated rings. The summed E-state index contributed by atoms with van der Waals surface area (Å²) in [5.74, 6) is 0. The van der Waals surface area contributed by atoms with Gasteiger partial charge in [-0.25, -0.2) is 0 Å². The predicted molar refractivity (Wildman–Crippen MR) is 196 cm³/mol. The predicted octanol–water partition coefficient (Wildman–Crippen LogP) is 6.26. The quantitative estimate of drug-likeness (QED) is 0.150. The molecule has 6 aromatic rings. The summed E-state index contributed by atoms with van der Waals surface area (Å²) in [6.45, 7) is 13.9. The zero-order valence-corrected chi connectivity index (χ0v) is 28.9. The van der Waals surface area contributed by atoms with Gasteiger partial charge < -0.3 is 0 Å². The van der Waals surface area contributed by atoms with Crippen LogP contribution in [0.5, 0.6) is 0 Å². The highest BCUT2D eigenvalue weighted by molar-refractivity contribution is 7.67. The molecule has 2 heteroatoms. The van der Waals surface area contributed by atoms with E-state index in [1.165, 1.54) is 64.5 Å². The van der Waals surface area contributed by atoms with Crippen molar-refractivity contribution in [1.29, 1.82) is 0 Å². The van der Waals surface area contributed by atoms with E-state index in [-0.39, 0.29) is 0 Å². The minimum absolute atomic E-state index is 1.31. The van der Waals surface area contributed by atoms with Crippen molar-refractivity contribution in [3.05, 3.63) is 179 Å². The lowest BCUT2D eigenvalue weighted by Crippen LogP contribution is -2.94. The van der Waals surface area contributed by atoms with Gasteiger partial charge in [0.05, 0.1) is 0 Å². The molecule has 0 N–H and O–H groups in total. The Kier molecular flexibility index (Phi) is 8.15. The molecule has 0 aromatic heterocycles. The van der Waals surface area contributed by atoms with Gasteiger partial charge in [-0.1, -0.05) is 195 Å². The van der Waals surface area contributed by atoms with E-state index in [0.717, 1.165) is 0 Å². The lowest BCUT2D eigenvalue weighted by molar-refractivity contribution is 1.39. The summed E-state index contributed by atoms with van der Waals surface area (Å²) in [4.78, 5) is 0. The summed E-state index contributed by atoms with van der Waals surface area (Å²) in [5.41, 5.74) is 8.08. The molecule has 0 atom stereocenters. The number of benzene rings is 6. The van der Waals surface area contributed by atoms with Crippen molar-refractivity contribution >= 4 is 46.3 Å². The summed E-state index contributed by atoms with van der Waals surface area (Å²) in [7, 11) is -5.97. The van der Waals surface area contributed by atoms with Crippen molar-refractivity contribution in [2.75, 3.05) is 0 Å². The summed E-state index contributed by atoms with van der Waals surface area (Å²) in [5, 5.41) is 8.99. The van der Waals surface area contributed by atoms with Gasteiger partial charge in [-0.05, 0) is 57.1 Å². The molecule has 0 aliphatic carbocycles. The van der Waals surface area contributed by atoms with Crippen LogP contribution in [0.15, 0.2) is 146 Å². The highest BCUT2D eigenvalue weighted by Crippen LogP contribution is 2.27. The Morgan fingerprint density at radius 2 is 0.568 bits per heavy atom. The SMILES string of the molecule is Cc1ccc(C)c([Si](c2cc(C)ccc2C)(c2cc(C)ccc2C)[Si](c2ccccc2)(c2ccccc2)c2ccccc2)c1. The first-order valence-corrected chi connectivity index (χ1v) is 20.7. The van der Waals surface area contributed by atoms with E-state index in [9.17, 15) is 0 Å². The first-order chi connectivity index (χ1) is 21.3. The van der Waals surface area contributed by atoms with Crippen molar-refractivity contribution in [3.8, 4) is 0 Å². The minimum Gasteiger partial charge on any atom is -0.0624 e. The van der Waals surface area contributed by atoms with Gasteiger partial charge in [0, 0.05) is 0 Å². The fraction of sp³-hybridized carbons (Fsp3) is 0.143. The third kappa shape index (κ3) is 4.74. The Morgan fingerprint density at radius 3 is 0.841 bits per heavy atom. The fourth-order valence-corrected chi connectivity index (χ4v) is 28.9. The van der Waals surface area contributed by atoms with E-state index >= 15 is 0 Å². The Morgan fingerprint density at radius 1 is 0.295 bits per heavy atom. The summed E-state index contributed by atoms with van der Waals surface area (Å²) >= 11 is 0. The second-order valence-corrected chi connectivity index (χ2v) is 23.4. The van der Waals surface area contributed by atoms with Crippen LogP contribution in [0.25, 0.3) is 0 Å². The molecule has 0 heterocycles. The van der Waals surface area contributed by atoms with Crippen LogP contribution in [-0.2, 0) is 0 Å². The molecule has 0 radical (unpaired) electrons. The van der Waals surface area contributed by atoms with E-state index in [0.29, 0.717) is 0 Å². The molecule has 218 valence electrons. The Labute approximate surface area is 265 Å². The second kappa shape index (κ2) is 12.0. The first-order valence-electron chi connectivity index (χ1n) is 15.7. The van der Waals surface area contributed by atoms with E-state index in [2.05, 4.69) is 187 Å². The zero-order chi connectivity index (χ0) is 30.9. The van der Waals surface area contributed by atoms with E-state index in [1.54, 1.807) is 0 Å². The van der Waals surface area contributed by atoms with Crippen LogP contribution in [0.4, 0.5) is 0 Å². The third-order valence-electron chi connectivity index (χ3n) is 9.57. The van der Waals surface area contributed by atoms with Gasteiger partial charge in [-0.3, -0.25) is 0 Å². The number of aryl methyl sites for hydroxylation is 6. The highest BCUT2D eigenvalue weighted by atomic mass is 29.3. The van der Waals surface area contributed by atoms with Gasteiger partial charge in [0.25, 0.3) is 0 Å². The van der Waals surface area contributed by atoms with Gasteiger partial charge in [-0.15, -0.1) is 0 Å². The lowest BCUT2D eigenvalue weighted by atomic mass is 10.1. The van der Waals surface area contributed by atoms with Crippen molar-refractivity contribution in [2.45, 2.75) is 41.5 Å². The molecule has 0 aliphatic heterocycles. The molecular weight excluding hydrogens is 561 g/mol. The van der Waals surface area contributed by atoms with Crippen molar-refractivity contribution in [1.82, 2.24) is 0 Å². The molecule has 6 aromatic carbocycles. The Balaban J connectivity index is 2.05. The Bertz CT molecular complexity index is 1690. The van der Waals surface area contributed by atoms with Gasteiger partial charge in [0.1, 0.15) is 0 Å². The normalized spacial score (nSPS) is 11.9. The smallest absolute Gasteiger partial charge is 0.0624 e. The largest absolute Gasteiger partial charge is 0.155 e. The lowest BCUT2D eigenvalue weighted by Gasteiger charge is -2.52. The summed E-state index contributed by atoms with van der Waals surface area (Å²) < 4.78 is 0. The second-order valence-electron chi connectivity index (χ2n) is 12.6. The molecule has 0 bridgehead atoms. The van der Waals surface area contributed by atoms with Crippen LogP contribution in [0.1, 0.15) is 33.4 Å². The molecule has 0 nitrogen and oxygen atoms in total. The first kappa shape index (κ1) is 29.8. The molecule has 0 saturated carbocycles. The topological polar surface area (TPSA) is 0 Å². The van der Waals surface area contributed by atoms with Crippen LogP contribution < -0.4 is 31.1 Å². The maximum atomic E-state index is 2.56. The molecule has 0 amide bonds. The van der Waals surface area contributed by atoms with Crippen molar-refractivity contribution in [2.24, 2.45) is 0 Å². The number of hydrogen-bond donors (Lipinski definition) is 0. The minimum atomic E-state index is -3.01. The molecule has 6 rings (SSSR count). The van der Waals surface area contributed by atoms with Crippen LogP contribution in [0, 0.1) is 41.5 Å². The Hall–Kier alpha value is -4.25. The van der Waals surface area contributed by atoms with E-state index < -0.39 is 15.2 Å². The van der Waals surface area contributed by atoms with E-state index in [1.807, 2.05) is 0 Å². The molecule has 44 heavy (non-hydrogen) atoms. The molecule has 0 aliphatic rings. The third-order valence-corrected chi connectivity index (χ3v) is 26.7.